The molecule has 1 fully saturated rings. The first-order valence-corrected chi connectivity index (χ1v) is 6.72. The Kier molecular flexibility index (Phi) is 3.44. The lowest BCUT2D eigenvalue weighted by molar-refractivity contribution is 0.0839. The fraction of sp³-hybridized carbons (Fsp3) is 0.357. The van der Waals surface area contributed by atoms with Crippen LogP contribution >= 0.6 is 11.6 Å². The predicted octanol–water partition coefficient (Wildman–Crippen LogP) is 3.47. The minimum Gasteiger partial charge on any atom is -0.381 e. The van der Waals surface area contributed by atoms with Gasteiger partial charge in [-0.05, 0) is 30.5 Å². The zero-order valence-corrected chi connectivity index (χ0v) is 11.2. The highest BCUT2D eigenvalue weighted by Gasteiger charge is 2.25. The fourth-order valence-electron chi connectivity index (χ4n) is 2.50. The van der Waals surface area contributed by atoms with E-state index in [-0.39, 0.29) is 0 Å². The average molecular weight is 279 g/mol. The van der Waals surface area contributed by atoms with Crippen molar-refractivity contribution in [3.05, 3.63) is 35.0 Å². The van der Waals surface area contributed by atoms with Gasteiger partial charge < -0.3 is 15.0 Å². The second-order valence-corrected chi connectivity index (χ2v) is 5.14. The largest absolute Gasteiger partial charge is 0.381 e. The maximum atomic E-state index is 6.04. The van der Waals surface area contributed by atoms with E-state index < -0.39 is 0 Å². The highest BCUT2D eigenvalue weighted by molar-refractivity contribution is 6.30. The van der Waals surface area contributed by atoms with Gasteiger partial charge in [0.2, 0.25) is 5.88 Å². The molecule has 0 amide bonds. The van der Waals surface area contributed by atoms with Gasteiger partial charge in [0.15, 0.2) is 0 Å². The molecule has 1 saturated heterocycles. The molecule has 5 heteroatoms. The number of hydrogen-bond donors (Lipinski definition) is 1. The molecule has 2 aromatic rings. The lowest BCUT2D eigenvalue weighted by atomic mass is 9.91. The molecule has 100 valence electrons. The Morgan fingerprint density at radius 2 is 2.05 bits per heavy atom. The van der Waals surface area contributed by atoms with Gasteiger partial charge in [-0.15, -0.1) is 0 Å². The van der Waals surface area contributed by atoms with Gasteiger partial charge in [-0.3, -0.25) is 0 Å². The second-order valence-electron chi connectivity index (χ2n) is 4.70. The van der Waals surface area contributed by atoms with Gasteiger partial charge in [0.25, 0.3) is 0 Å². The summed E-state index contributed by atoms with van der Waals surface area (Å²) in [4.78, 5) is 0. The molecule has 0 spiro atoms. The highest BCUT2D eigenvalue weighted by atomic mass is 35.5. The summed E-state index contributed by atoms with van der Waals surface area (Å²) >= 11 is 6.04. The summed E-state index contributed by atoms with van der Waals surface area (Å²) in [5.74, 6) is 0.688. The van der Waals surface area contributed by atoms with E-state index >= 15 is 0 Å². The Labute approximate surface area is 116 Å². The molecule has 2 heterocycles. The predicted molar refractivity (Wildman–Crippen MR) is 74.2 cm³/mol. The van der Waals surface area contributed by atoms with Crippen molar-refractivity contribution in [3.8, 4) is 11.1 Å². The van der Waals surface area contributed by atoms with Crippen molar-refractivity contribution in [2.24, 2.45) is 0 Å². The summed E-state index contributed by atoms with van der Waals surface area (Å²) in [6.45, 7) is 1.51. The van der Waals surface area contributed by atoms with Crippen molar-refractivity contribution < 1.29 is 9.26 Å². The van der Waals surface area contributed by atoms with E-state index in [0.717, 1.165) is 42.9 Å². The van der Waals surface area contributed by atoms with Crippen LogP contribution in [0.15, 0.2) is 28.8 Å². The summed E-state index contributed by atoms with van der Waals surface area (Å²) in [6.07, 6.45) is 1.89. The molecule has 0 saturated carbocycles. The average Bonchev–Trinajstić information content (AvgIpc) is 2.82. The van der Waals surface area contributed by atoms with Crippen LogP contribution in [0, 0.1) is 0 Å². The van der Waals surface area contributed by atoms with E-state index in [1.807, 2.05) is 24.3 Å². The summed E-state index contributed by atoms with van der Waals surface area (Å²) in [6, 6.07) is 7.59. The topological polar surface area (TPSA) is 61.3 Å². The third-order valence-electron chi connectivity index (χ3n) is 3.47. The molecule has 0 bridgehead atoms. The summed E-state index contributed by atoms with van der Waals surface area (Å²) in [7, 11) is 0. The molecule has 0 radical (unpaired) electrons. The molecule has 1 aromatic carbocycles. The molecular weight excluding hydrogens is 264 g/mol. The van der Waals surface area contributed by atoms with Crippen molar-refractivity contribution in [2.45, 2.75) is 18.8 Å². The SMILES string of the molecule is Nc1onc(C2CCOCC2)c1-c1cccc(Cl)c1. The van der Waals surface area contributed by atoms with Crippen molar-refractivity contribution in [1.29, 1.82) is 0 Å². The minimum atomic E-state index is 0.337. The minimum absolute atomic E-state index is 0.337. The Morgan fingerprint density at radius 3 is 2.79 bits per heavy atom. The Hall–Kier alpha value is -1.52. The first kappa shape index (κ1) is 12.5. The lowest BCUT2D eigenvalue weighted by Gasteiger charge is -2.20. The molecular formula is C14H15ClN2O2. The molecule has 3 rings (SSSR count). The molecule has 1 aliphatic heterocycles. The maximum absolute atomic E-state index is 6.04. The number of nitrogens with two attached hydrogens (primary N) is 1. The van der Waals surface area contributed by atoms with Crippen LogP contribution in [-0.4, -0.2) is 18.4 Å². The molecule has 0 atom stereocenters. The second kappa shape index (κ2) is 5.23. The van der Waals surface area contributed by atoms with Gasteiger partial charge in [0.05, 0.1) is 11.3 Å². The van der Waals surface area contributed by atoms with Crippen LogP contribution in [0.5, 0.6) is 0 Å². The number of aromatic nitrogens is 1. The normalized spacial score (nSPS) is 16.7. The van der Waals surface area contributed by atoms with E-state index in [9.17, 15) is 0 Å². The number of halogens is 1. The van der Waals surface area contributed by atoms with Crippen LogP contribution in [0.3, 0.4) is 0 Å². The number of rotatable bonds is 2. The van der Waals surface area contributed by atoms with E-state index in [0.29, 0.717) is 16.8 Å². The Bertz CT molecular complexity index is 577. The summed E-state index contributed by atoms with van der Waals surface area (Å²) < 4.78 is 10.6. The van der Waals surface area contributed by atoms with Gasteiger partial charge >= 0.3 is 0 Å². The van der Waals surface area contributed by atoms with E-state index in [4.69, 9.17) is 26.6 Å². The number of anilines is 1. The van der Waals surface area contributed by atoms with E-state index in [1.165, 1.54) is 0 Å². The van der Waals surface area contributed by atoms with Crippen LogP contribution < -0.4 is 5.73 Å². The van der Waals surface area contributed by atoms with Gasteiger partial charge in [-0.1, -0.05) is 28.9 Å². The summed E-state index contributed by atoms with van der Waals surface area (Å²) in [5, 5.41) is 4.82. The quantitative estimate of drug-likeness (QED) is 0.914. The van der Waals surface area contributed by atoms with Crippen molar-refractivity contribution in [1.82, 2.24) is 5.16 Å². The van der Waals surface area contributed by atoms with Crippen molar-refractivity contribution >= 4 is 17.5 Å². The lowest BCUT2D eigenvalue weighted by Crippen LogP contribution is -2.15. The van der Waals surface area contributed by atoms with Crippen LogP contribution in [0.25, 0.3) is 11.1 Å². The van der Waals surface area contributed by atoms with Gasteiger partial charge in [-0.25, -0.2) is 0 Å². The van der Waals surface area contributed by atoms with Gasteiger partial charge in [-0.2, -0.15) is 0 Å². The first-order valence-electron chi connectivity index (χ1n) is 6.34. The Balaban J connectivity index is 2.03. The third-order valence-corrected chi connectivity index (χ3v) is 3.70. The number of hydrogen-bond acceptors (Lipinski definition) is 4. The van der Waals surface area contributed by atoms with E-state index in [2.05, 4.69) is 5.16 Å². The molecule has 2 N–H and O–H groups in total. The van der Waals surface area contributed by atoms with Gasteiger partial charge in [0, 0.05) is 24.2 Å². The highest BCUT2D eigenvalue weighted by Crippen LogP contribution is 2.38. The van der Waals surface area contributed by atoms with Crippen LogP contribution in [0.4, 0.5) is 5.88 Å². The smallest absolute Gasteiger partial charge is 0.230 e. The molecule has 4 nitrogen and oxygen atoms in total. The molecule has 0 unspecified atom stereocenters. The molecule has 0 aliphatic carbocycles. The number of benzene rings is 1. The number of nitrogens with zero attached hydrogens (tertiary/aromatic N) is 1. The van der Waals surface area contributed by atoms with Crippen molar-refractivity contribution in [2.75, 3.05) is 18.9 Å². The first-order chi connectivity index (χ1) is 9.25. The standard InChI is InChI=1S/C14H15ClN2O2/c15-11-3-1-2-10(8-11)12-13(17-19-14(12)16)9-4-6-18-7-5-9/h1-3,8-9H,4-7,16H2. The van der Waals surface area contributed by atoms with Crippen LogP contribution in [0.2, 0.25) is 5.02 Å². The third kappa shape index (κ3) is 2.46. The zero-order valence-electron chi connectivity index (χ0n) is 10.4. The molecule has 19 heavy (non-hydrogen) atoms. The van der Waals surface area contributed by atoms with Crippen LogP contribution in [-0.2, 0) is 4.74 Å². The monoisotopic (exact) mass is 278 g/mol. The van der Waals surface area contributed by atoms with Gasteiger partial charge in [0.1, 0.15) is 0 Å². The van der Waals surface area contributed by atoms with E-state index in [1.54, 1.807) is 0 Å². The number of nitrogen functional groups attached to an aromatic ring is 1. The van der Waals surface area contributed by atoms with Crippen LogP contribution in [0.1, 0.15) is 24.5 Å². The summed E-state index contributed by atoms with van der Waals surface area (Å²) in [5.41, 5.74) is 8.67. The Morgan fingerprint density at radius 1 is 1.26 bits per heavy atom. The molecule has 1 aromatic heterocycles. The molecule has 1 aliphatic rings. The number of ether oxygens (including phenoxy) is 1. The van der Waals surface area contributed by atoms with Crippen molar-refractivity contribution in [3.63, 3.8) is 0 Å². The fourth-order valence-corrected chi connectivity index (χ4v) is 2.69. The maximum Gasteiger partial charge on any atom is 0.230 e. The zero-order chi connectivity index (χ0) is 13.2.